The lowest BCUT2D eigenvalue weighted by Gasteiger charge is -2.21. The van der Waals surface area contributed by atoms with Crippen LogP contribution in [0.3, 0.4) is 0 Å². The number of carbonyl (C=O) groups is 1. The Kier molecular flexibility index (Phi) is 4.06. The summed E-state index contributed by atoms with van der Waals surface area (Å²) in [6.45, 7) is 3.19. The highest BCUT2D eigenvalue weighted by Crippen LogP contribution is 2.32. The molecule has 0 N–H and O–H groups in total. The van der Waals surface area contributed by atoms with Crippen LogP contribution in [0.15, 0.2) is 41.3 Å². The summed E-state index contributed by atoms with van der Waals surface area (Å²) in [7, 11) is 1.63. The quantitative estimate of drug-likeness (QED) is 0.863. The molecule has 0 aliphatic carbocycles. The molecule has 0 atom stereocenters. The number of amides is 1. The predicted molar refractivity (Wildman–Crippen MR) is 84.7 cm³/mol. The van der Waals surface area contributed by atoms with E-state index in [4.69, 9.17) is 9.47 Å². The molecule has 1 aliphatic rings. The maximum Gasteiger partial charge on any atom is 0.255 e. The van der Waals surface area contributed by atoms with Crippen LogP contribution in [-0.4, -0.2) is 28.7 Å². The molecule has 0 radical (unpaired) electrons. The number of rotatable bonds is 4. The van der Waals surface area contributed by atoms with E-state index in [0.717, 1.165) is 11.3 Å². The van der Waals surface area contributed by atoms with E-state index in [-0.39, 0.29) is 18.3 Å². The van der Waals surface area contributed by atoms with Crippen molar-refractivity contribution < 1.29 is 14.3 Å². The van der Waals surface area contributed by atoms with Gasteiger partial charge < -0.3 is 18.9 Å². The van der Waals surface area contributed by atoms with Crippen molar-refractivity contribution in [1.82, 2.24) is 9.47 Å². The number of nitrogens with zero attached hydrogens (tertiary/aromatic N) is 2. The standard InChI is InChI=1S/C17H18N2O4/c1-3-19(17(21)13-5-7-16(20)18(2)10-13)9-12-4-6-14-15(8-12)23-11-22-14/h4-8,10H,3,9,11H2,1-2H3. The van der Waals surface area contributed by atoms with Gasteiger partial charge in [-0.2, -0.15) is 0 Å². The summed E-state index contributed by atoms with van der Waals surface area (Å²) in [6, 6.07) is 8.63. The van der Waals surface area contributed by atoms with Gasteiger partial charge in [0, 0.05) is 32.4 Å². The van der Waals surface area contributed by atoms with Gasteiger partial charge in [-0.1, -0.05) is 6.07 Å². The smallest absolute Gasteiger partial charge is 0.255 e. The molecule has 0 saturated heterocycles. The summed E-state index contributed by atoms with van der Waals surface area (Å²) in [5.41, 5.74) is 1.32. The van der Waals surface area contributed by atoms with Crippen LogP contribution in [0.5, 0.6) is 11.5 Å². The summed E-state index contributed by atoms with van der Waals surface area (Å²) in [5, 5.41) is 0. The van der Waals surface area contributed by atoms with Gasteiger partial charge in [0.1, 0.15) is 0 Å². The molecular weight excluding hydrogens is 296 g/mol. The van der Waals surface area contributed by atoms with Gasteiger partial charge >= 0.3 is 0 Å². The number of benzene rings is 1. The molecule has 2 heterocycles. The van der Waals surface area contributed by atoms with Gasteiger partial charge in [0.15, 0.2) is 11.5 Å². The topological polar surface area (TPSA) is 60.8 Å². The zero-order chi connectivity index (χ0) is 16.4. The van der Waals surface area contributed by atoms with E-state index in [9.17, 15) is 9.59 Å². The Balaban J connectivity index is 1.80. The average Bonchev–Trinajstić information content (AvgIpc) is 3.02. The number of hydrogen-bond donors (Lipinski definition) is 0. The van der Waals surface area contributed by atoms with E-state index < -0.39 is 0 Å². The van der Waals surface area contributed by atoms with Crippen LogP contribution in [0.1, 0.15) is 22.8 Å². The van der Waals surface area contributed by atoms with Crippen LogP contribution < -0.4 is 15.0 Å². The number of fused-ring (bicyclic) bond motifs is 1. The summed E-state index contributed by atoms with van der Waals surface area (Å²) < 4.78 is 12.1. The van der Waals surface area contributed by atoms with Crippen LogP contribution in [0, 0.1) is 0 Å². The maximum absolute atomic E-state index is 12.6. The molecule has 0 saturated carbocycles. The van der Waals surface area contributed by atoms with E-state index in [1.165, 1.54) is 10.6 Å². The van der Waals surface area contributed by atoms with Gasteiger partial charge in [-0.3, -0.25) is 9.59 Å². The second-order valence-electron chi connectivity index (χ2n) is 5.37. The van der Waals surface area contributed by atoms with Crippen molar-refractivity contribution in [3.8, 4) is 11.5 Å². The lowest BCUT2D eigenvalue weighted by atomic mass is 10.1. The number of aromatic nitrogens is 1. The fourth-order valence-corrected chi connectivity index (χ4v) is 2.49. The molecule has 1 aromatic carbocycles. The highest BCUT2D eigenvalue weighted by Gasteiger charge is 2.18. The van der Waals surface area contributed by atoms with Gasteiger partial charge in [0.2, 0.25) is 12.4 Å². The summed E-state index contributed by atoms with van der Waals surface area (Å²) in [4.78, 5) is 25.8. The number of pyridine rings is 1. The van der Waals surface area contributed by atoms with Crippen LogP contribution in [0.25, 0.3) is 0 Å². The molecule has 120 valence electrons. The van der Waals surface area contributed by atoms with E-state index in [0.29, 0.717) is 24.4 Å². The van der Waals surface area contributed by atoms with E-state index >= 15 is 0 Å². The predicted octanol–water partition coefficient (Wildman–Crippen LogP) is 1.78. The summed E-state index contributed by atoms with van der Waals surface area (Å²) >= 11 is 0. The number of aryl methyl sites for hydroxylation is 1. The van der Waals surface area contributed by atoms with Crippen molar-refractivity contribution >= 4 is 5.91 Å². The minimum Gasteiger partial charge on any atom is -0.454 e. The van der Waals surface area contributed by atoms with E-state index in [2.05, 4.69) is 0 Å². The van der Waals surface area contributed by atoms with E-state index in [1.807, 2.05) is 25.1 Å². The average molecular weight is 314 g/mol. The fraction of sp³-hybridized carbons (Fsp3) is 0.294. The minimum atomic E-state index is -0.139. The molecule has 0 spiro atoms. The second-order valence-corrected chi connectivity index (χ2v) is 5.37. The maximum atomic E-state index is 12.6. The lowest BCUT2D eigenvalue weighted by Crippen LogP contribution is -2.31. The summed E-state index contributed by atoms with van der Waals surface area (Å²) in [6.07, 6.45) is 1.56. The summed E-state index contributed by atoms with van der Waals surface area (Å²) in [5.74, 6) is 1.31. The molecule has 1 aromatic heterocycles. The van der Waals surface area contributed by atoms with Gasteiger partial charge in [-0.05, 0) is 30.7 Å². The van der Waals surface area contributed by atoms with Crippen LogP contribution in [0.4, 0.5) is 0 Å². The first-order chi connectivity index (χ1) is 11.1. The third kappa shape index (κ3) is 3.06. The number of ether oxygens (including phenoxy) is 2. The largest absolute Gasteiger partial charge is 0.454 e. The van der Waals surface area contributed by atoms with Crippen molar-refractivity contribution in [1.29, 1.82) is 0 Å². The molecule has 0 fully saturated rings. The first-order valence-electron chi connectivity index (χ1n) is 7.43. The molecule has 2 aromatic rings. The molecule has 1 aliphatic heterocycles. The normalized spacial score (nSPS) is 12.3. The third-order valence-corrected chi connectivity index (χ3v) is 3.81. The molecule has 3 rings (SSSR count). The van der Waals surface area contributed by atoms with Crippen molar-refractivity contribution in [2.24, 2.45) is 7.05 Å². The monoisotopic (exact) mass is 314 g/mol. The lowest BCUT2D eigenvalue weighted by molar-refractivity contribution is 0.0751. The SMILES string of the molecule is CCN(Cc1ccc2c(c1)OCO2)C(=O)c1ccc(=O)n(C)c1. The Morgan fingerprint density at radius 2 is 2.00 bits per heavy atom. The molecule has 6 heteroatoms. The van der Waals surface area contributed by atoms with Crippen molar-refractivity contribution in [2.45, 2.75) is 13.5 Å². The molecular formula is C17H18N2O4. The highest BCUT2D eigenvalue weighted by atomic mass is 16.7. The van der Waals surface area contributed by atoms with Gasteiger partial charge in [-0.15, -0.1) is 0 Å². The van der Waals surface area contributed by atoms with Crippen LogP contribution in [-0.2, 0) is 13.6 Å². The Bertz CT molecular complexity index is 797. The minimum absolute atomic E-state index is 0.110. The van der Waals surface area contributed by atoms with Gasteiger partial charge in [0.05, 0.1) is 5.56 Å². The Morgan fingerprint density at radius 1 is 1.22 bits per heavy atom. The Morgan fingerprint density at radius 3 is 2.74 bits per heavy atom. The second kappa shape index (κ2) is 6.16. The van der Waals surface area contributed by atoms with Crippen LogP contribution in [0.2, 0.25) is 0 Å². The van der Waals surface area contributed by atoms with Gasteiger partial charge in [-0.25, -0.2) is 0 Å². The zero-order valence-corrected chi connectivity index (χ0v) is 13.1. The first kappa shape index (κ1) is 15.1. The van der Waals surface area contributed by atoms with Gasteiger partial charge in [0.25, 0.3) is 5.91 Å². The van der Waals surface area contributed by atoms with Crippen LogP contribution >= 0.6 is 0 Å². The Hall–Kier alpha value is -2.76. The van der Waals surface area contributed by atoms with E-state index in [1.54, 1.807) is 24.2 Å². The molecule has 1 amide bonds. The Labute approximate surface area is 133 Å². The molecule has 0 bridgehead atoms. The third-order valence-electron chi connectivity index (χ3n) is 3.81. The molecule has 6 nitrogen and oxygen atoms in total. The fourth-order valence-electron chi connectivity index (χ4n) is 2.49. The van der Waals surface area contributed by atoms with Crippen molar-refractivity contribution in [3.05, 3.63) is 58.0 Å². The van der Waals surface area contributed by atoms with Crippen molar-refractivity contribution in [2.75, 3.05) is 13.3 Å². The number of hydrogen-bond acceptors (Lipinski definition) is 4. The number of carbonyl (C=O) groups excluding carboxylic acids is 1. The molecule has 23 heavy (non-hydrogen) atoms. The zero-order valence-electron chi connectivity index (χ0n) is 13.1. The first-order valence-corrected chi connectivity index (χ1v) is 7.43. The highest BCUT2D eigenvalue weighted by molar-refractivity contribution is 5.93. The molecule has 0 unspecified atom stereocenters. The van der Waals surface area contributed by atoms with Crippen molar-refractivity contribution in [3.63, 3.8) is 0 Å².